The van der Waals surface area contributed by atoms with Crippen molar-refractivity contribution in [3.63, 3.8) is 0 Å². The average molecular weight is 600 g/mol. The molecule has 220 valence electrons. The van der Waals surface area contributed by atoms with Gasteiger partial charge in [0.15, 0.2) is 0 Å². The van der Waals surface area contributed by atoms with Crippen molar-refractivity contribution in [2.45, 2.75) is 57.5 Å². The number of benzene rings is 3. The van der Waals surface area contributed by atoms with Crippen molar-refractivity contribution in [2.75, 3.05) is 24.5 Å². The van der Waals surface area contributed by atoms with Gasteiger partial charge in [0.05, 0.1) is 17.7 Å². The van der Waals surface area contributed by atoms with Crippen molar-refractivity contribution in [3.8, 4) is 5.75 Å². The van der Waals surface area contributed by atoms with Gasteiger partial charge in [-0.2, -0.15) is 0 Å². The normalized spacial score (nSPS) is 11.9. The smallest absolute Gasteiger partial charge is 0.264 e. The number of carbonyl (C=O) groups excluding carboxylic acids is 2. The Balaban J connectivity index is 2.07. The summed E-state index contributed by atoms with van der Waals surface area (Å²) < 4.78 is 34.4. The maximum absolute atomic E-state index is 14.2. The molecule has 2 amide bonds. The van der Waals surface area contributed by atoms with E-state index >= 15 is 0 Å². The number of hydrogen-bond acceptors (Lipinski definition) is 5. The molecular formula is C31H38ClN3O5S. The van der Waals surface area contributed by atoms with Crippen LogP contribution in [-0.4, -0.2) is 51.4 Å². The number of halogens is 1. The molecule has 10 heteroatoms. The van der Waals surface area contributed by atoms with E-state index in [1.807, 2.05) is 19.9 Å². The number of methoxy groups -OCH3 is 1. The van der Waals surface area contributed by atoms with Gasteiger partial charge in [0.1, 0.15) is 18.3 Å². The number of nitrogens with one attached hydrogen (secondary N) is 1. The van der Waals surface area contributed by atoms with Crippen molar-refractivity contribution in [2.24, 2.45) is 0 Å². The topological polar surface area (TPSA) is 96.0 Å². The molecule has 0 radical (unpaired) electrons. The number of nitrogens with zero attached hydrogens (tertiary/aromatic N) is 2. The second-order valence-corrected chi connectivity index (χ2v) is 12.0. The molecule has 0 bridgehead atoms. The lowest BCUT2D eigenvalue weighted by Crippen LogP contribution is -2.52. The van der Waals surface area contributed by atoms with E-state index in [4.69, 9.17) is 16.3 Å². The Morgan fingerprint density at radius 3 is 2.39 bits per heavy atom. The zero-order valence-electron chi connectivity index (χ0n) is 24.0. The summed E-state index contributed by atoms with van der Waals surface area (Å²) in [6.45, 7) is 5.67. The number of amides is 2. The van der Waals surface area contributed by atoms with Crippen LogP contribution in [0.25, 0.3) is 0 Å². The van der Waals surface area contributed by atoms with E-state index in [-0.39, 0.29) is 23.0 Å². The third kappa shape index (κ3) is 8.24. The molecule has 0 saturated carbocycles. The Bertz CT molecular complexity index is 1430. The number of unbranched alkanes of at least 4 members (excludes halogenated alkanes) is 1. The van der Waals surface area contributed by atoms with Crippen LogP contribution in [0.1, 0.15) is 44.2 Å². The molecule has 0 aliphatic rings. The molecule has 3 rings (SSSR count). The predicted octanol–water partition coefficient (Wildman–Crippen LogP) is 5.58. The van der Waals surface area contributed by atoms with Gasteiger partial charge in [-0.1, -0.05) is 68.3 Å². The molecule has 0 unspecified atom stereocenters. The minimum Gasteiger partial charge on any atom is -0.497 e. The van der Waals surface area contributed by atoms with Crippen molar-refractivity contribution >= 4 is 39.1 Å². The molecule has 41 heavy (non-hydrogen) atoms. The Morgan fingerprint density at radius 1 is 1.00 bits per heavy atom. The minimum absolute atomic E-state index is 0.0378. The Morgan fingerprint density at radius 2 is 1.73 bits per heavy atom. The van der Waals surface area contributed by atoms with Gasteiger partial charge in [-0.3, -0.25) is 13.9 Å². The summed E-state index contributed by atoms with van der Waals surface area (Å²) in [5.41, 5.74) is 1.66. The molecule has 0 aromatic heterocycles. The zero-order valence-corrected chi connectivity index (χ0v) is 25.5. The molecular weight excluding hydrogens is 562 g/mol. The van der Waals surface area contributed by atoms with E-state index in [9.17, 15) is 18.0 Å². The van der Waals surface area contributed by atoms with Crippen LogP contribution in [0, 0.1) is 6.92 Å². The summed E-state index contributed by atoms with van der Waals surface area (Å²) in [6, 6.07) is 19.3. The highest BCUT2D eigenvalue weighted by atomic mass is 35.5. The van der Waals surface area contributed by atoms with E-state index in [0.717, 1.165) is 22.7 Å². The highest BCUT2D eigenvalue weighted by molar-refractivity contribution is 7.92. The number of sulfonamides is 1. The second-order valence-electron chi connectivity index (χ2n) is 9.70. The first-order valence-electron chi connectivity index (χ1n) is 13.7. The first kappa shape index (κ1) is 32.0. The van der Waals surface area contributed by atoms with Crippen molar-refractivity contribution in [1.82, 2.24) is 10.2 Å². The summed E-state index contributed by atoms with van der Waals surface area (Å²) in [5.74, 6) is -0.198. The molecule has 8 nitrogen and oxygen atoms in total. The Hall–Kier alpha value is -3.56. The first-order valence-corrected chi connectivity index (χ1v) is 15.5. The summed E-state index contributed by atoms with van der Waals surface area (Å²) in [4.78, 5) is 29.0. The molecule has 3 aromatic rings. The molecule has 0 heterocycles. The maximum atomic E-state index is 14.2. The molecule has 0 fully saturated rings. The van der Waals surface area contributed by atoms with Crippen molar-refractivity contribution < 1.29 is 22.7 Å². The van der Waals surface area contributed by atoms with Gasteiger partial charge in [-0.15, -0.1) is 0 Å². The van der Waals surface area contributed by atoms with E-state index in [1.54, 1.807) is 62.6 Å². The minimum atomic E-state index is -4.17. The maximum Gasteiger partial charge on any atom is 0.264 e. The lowest BCUT2D eigenvalue weighted by molar-refractivity contribution is -0.140. The van der Waals surface area contributed by atoms with Crippen molar-refractivity contribution in [1.29, 1.82) is 0 Å². The highest BCUT2D eigenvalue weighted by Crippen LogP contribution is 2.30. The fraction of sp³-hybridized carbons (Fsp3) is 0.355. The summed E-state index contributed by atoms with van der Waals surface area (Å²) in [6.07, 6.45) is 2.06. The summed E-state index contributed by atoms with van der Waals surface area (Å²) in [7, 11) is -2.62. The number of aryl methyl sites for hydroxylation is 1. The number of ether oxygens (including phenoxy) is 1. The van der Waals surface area contributed by atoms with Gasteiger partial charge in [-0.25, -0.2) is 8.42 Å². The van der Waals surface area contributed by atoms with Crippen LogP contribution in [-0.2, 0) is 26.2 Å². The van der Waals surface area contributed by atoms with Crippen LogP contribution in [0.2, 0.25) is 5.02 Å². The molecule has 0 aliphatic heterocycles. The van der Waals surface area contributed by atoms with Crippen LogP contribution in [0.5, 0.6) is 5.75 Å². The summed E-state index contributed by atoms with van der Waals surface area (Å²) >= 11 is 6.29. The quantitative estimate of drug-likeness (QED) is 0.244. The van der Waals surface area contributed by atoms with E-state index in [2.05, 4.69) is 5.32 Å². The van der Waals surface area contributed by atoms with Crippen LogP contribution in [0.4, 0.5) is 5.69 Å². The first-order chi connectivity index (χ1) is 19.6. The molecule has 3 aromatic carbocycles. The van der Waals surface area contributed by atoms with Crippen LogP contribution < -0.4 is 14.4 Å². The Labute approximate surface area is 248 Å². The third-order valence-corrected chi connectivity index (χ3v) is 8.76. The van der Waals surface area contributed by atoms with Crippen molar-refractivity contribution in [3.05, 3.63) is 88.9 Å². The highest BCUT2D eigenvalue weighted by Gasteiger charge is 2.34. The van der Waals surface area contributed by atoms with Crippen LogP contribution in [0.15, 0.2) is 77.7 Å². The van der Waals surface area contributed by atoms with Gasteiger partial charge in [-0.05, 0) is 67.3 Å². The lowest BCUT2D eigenvalue weighted by atomic mass is 10.1. The lowest BCUT2D eigenvalue weighted by Gasteiger charge is -2.33. The number of rotatable bonds is 14. The largest absolute Gasteiger partial charge is 0.497 e. The number of anilines is 1. The van der Waals surface area contributed by atoms with Gasteiger partial charge in [0.25, 0.3) is 10.0 Å². The predicted molar refractivity (Wildman–Crippen MR) is 163 cm³/mol. The summed E-state index contributed by atoms with van der Waals surface area (Å²) in [5, 5.41) is 3.26. The van der Waals surface area contributed by atoms with E-state index in [1.165, 1.54) is 23.1 Å². The standard InChI is InChI=1S/C31H38ClN3O5S/c1-5-7-18-33-31(37)28(6-2)34(21-24-12-11-13-26(19-24)40-4)30(36)22-35(29-20-25(32)17-16-23(29)3)41(38,39)27-14-9-8-10-15-27/h8-17,19-20,28H,5-7,18,21-22H2,1-4H3,(H,33,37)/t28-/m1/s1. The molecule has 1 atom stereocenters. The third-order valence-electron chi connectivity index (χ3n) is 6.75. The second kappa shape index (κ2) is 14.9. The molecule has 0 saturated heterocycles. The fourth-order valence-corrected chi connectivity index (χ4v) is 6.14. The van der Waals surface area contributed by atoms with E-state index in [0.29, 0.717) is 29.3 Å². The van der Waals surface area contributed by atoms with Crippen LogP contribution in [0.3, 0.4) is 0 Å². The van der Waals surface area contributed by atoms with Gasteiger partial charge >= 0.3 is 0 Å². The molecule has 1 N–H and O–H groups in total. The average Bonchev–Trinajstić information content (AvgIpc) is 2.97. The Kier molecular flexibility index (Phi) is 11.6. The number of hydrogen-bond donors (Lipinski definition) is 1. The van der Waals surface area contributed by atoms with Crippen LogP contribution >= 0.6 is 11.6 Å². The molecule has 0 spiro atoms. The van der Waals surface area contributed by atoms with E-state index < -0.39 is 28.5 Å². The van der Waals surface area contributed by atoms with Gasteiger partial charge in [0.2, 0.25) is 11.8 Å². The monoisotopic (exact) mass is 599 g/mol. The fourth-order valence-electron chi connectivity index (χ4n) is 4.48. The van der Waals surface area contributed by atoms with Gasteiger partial charge < -0.3 is 15.0 Å². The SMILES string of the molecule is CCCCNC(=O)[C@@H](CC)N(Cc1cccc(OC)c1)C(=O)CN(c1cc(Cl)ccc1C)S(=O)(=O)c1ccccc1. The molecule has 0 aliphatic carbocycles. The van der Waals surface area contributed by atoms with Gasteiger partial charge in [0, 0.05) is 18.1 Å². The number of carbonyl (C=O) groups is 2. The zero-order chi connectivity index (χ0) is 30.0.